The van der Waals surface area contributed by atoms with E-state index in [0.29, 0.717) is 6.04 Å². The average Bonchev–Trinajstić information content (AvgIpc) is 2.33. The second kappa shape index (κ2) is 2.76. The van der Waals surface area contributed by atoms with E-state index < -0.39 is 0 Å². The lowest BCUT2D eigenvalue weighted by Crippen LogP contribution is -2.36. The topological polar surface area (TPSA) is 38.0 Å². The molecule has 4 atom stereocenters. The highest BCUT2D eigenvalue weighted by molar-refractivity contribution is 4.96. The maximum atomic E-state index is 5.99. The van der Waals surface area contributed by atoms with E-state index >= 15 is 0 Å². The van der Waals surface area contributed by atoms with Crippen LogP contribution in [0.4, 0.5) is 0 Å². The first-order valence-corrected chi connectivity index (χ1v) is 4.76. The first kappa shape index (κ1) is 7.56. The van der Waals surface area contributed by atoms with Crippen LogP contribution in [0.5, 0.6) is 0 Å². The van der Waals surface area contributed by atoms with Crippen LogP contribution in [0.3, 0.4) is 0 Å². The molecule has 0 aromatic rings. The molecule has 0 radical (unpaired) electrons. The molecule has 2 rings (SSSR count). The third-order valence-corrected chi connectivity index (χ3v) is 3.33. The Morgan fingerprint density at radius 1 is 1.36 bits per heavy atom. The van der Waals surface area contributed by atoms with Crippen molar-refractivity contribution in [2.24, 2.45) is 17.6 Å². The van der Waals surface area contributed by atoms with Gasteiger partial charge in [0.05, 0.1) is 0 Å². The first-order chi connectivity index (χ1) is 5.27. The highest BCUT2D eigenvalue weighted by Crippen LogP contribution is 2.33. The Balaban J connectivity index is 2.01. The van der Waals surface area contributed by atoms with E-state index in [2.05, 4.69) is 12.2 Å². The van der Waals surface area contributed by atoms with Crippen molar-refractivity contribution in [1.29, 1.82) is 0 Å². The monoisotopic (exact) mass is 154 g/mol. The van der Waals surface area contributed by atoms with Crippen LogP contribution >= 0.6 is 0 Å². The van der Waals surface area contributed by atoms with Crippen molar-refractivity contribution in [2.45, 2.75) is 38.3 Å². The zero-order valence-electron chi connectivity index (χ0n) is 7.22. The number of nitrogens with two attached hydrogens (primary N) is 1. The van der Waals surface area contributed by atoms with E-state index in [0.717, 1.165) is 24.4 Å². The standard InChI is InChI=1S/C9H18N2/c1-6-2-3-9-7(4-6)8(10)5-11-9/h6-9,11H,2-5,10H2,1H3. The molecular formula is C9H18N2. The molecule has 0 spiro atoms. The molecule has 1 heterocycles. The van der Waals surface area contributed by atoms with Gasteiger partial charge in [-0.05, 0) is 31.1 Å². The van der Waals surface area contributed by atoms with E-state index in [1.807, 2.05) is 0 Å². The molecule has 2 heteroatoms. The summed E-state index contributed by atoms with van der Waals surface area (Å²) in [5, 5.41) is 3.50. The summed E-state index contributed by atoms with van der Waals surface area (Å²) in [4.78, 5) is 0. The Hall–Kier alpha value is -0.0800. The van der Waals surface area contributed by atoms with Gasteiger partial charge in [-0.2, -0.15) is 0 Å². The zero-order valence-corrected chi connectivity index (χ0v) is 7.22. The number of hydrogen-bond donors (Lipinski definition) is 2. The molecule has 1 saturated carbocycles. The molecule has 4 unspecified atom stereocenters. The summed E-state index contributed by atoms with van der Waals surface area (Å²) in [6.07, 6.45) is 4.08. The Morgan fingerprint density at radius 2 is 2.18 bits per heavy atom. The molecule has 1 saturated heterocycles. The summed E-state index contributed by atoms with van der Waals surface area (Å²) in [6.45, 7) is 3.39. The molecule has 11 heavy (non-hydrogen) atoms. The molecule has 0 aromatic heterocycles. The summed E-state index contributed by atoms with van der Waals surface area (Å²) in [6, 6.07) is 1.18. The second-order valence-electron chi connectivity index (χ2n) is 4.26. The largest absolute Gasteiger partial charge is 0.326 e. The minimum absolute atomic E-state index is 0.433. The van der Waals surface area contributed by atoms with Gasteiger partial charge in [-0.1, -0.05) is 6.92 Å². The van der Waals surface area contributed by atoms with Crippen LogP contribution in [0, 0.1) is 11.8 Å². The fraction of sp³-hybridized carbons (Fsp3) is 1.00. The van der Waals surface area contributed by atoms with E-state index in [1.54, 1.807) is 0 Å². The molecule has 2 nitrogen and oxygen atoms in total. The van der Waals surface area contributed by atoms with Crippen LogP contribution in [0.25, 0.3) is 0 Å². The molecule has 1 aliphatic carbocycles. The Morgan fingerprint density at radius 3 is 3.00 bits per heavy atom. The van der Waals surface area contributed by atoms with Crippen molar-refractivity contribution in [3.05, 3.63) is 0 Å². The van der Waals surface area contributed by atoms with Gasteiger partial charge >= 0.3 is 0 Å². The summed E-state index contributed by atoms with van der Waals surface area (Å²) in [7, 11) is 0. The van der Waals surface area contributed by atoms with Gasteiger partial charge in [0.1, 0.15) is 0 Å². The van der Waals surface area contributed by atoms with Gasteiger partial charge in [-0.3, -0.25) is 0 Å². The molecule has 3 N–H and O–H groups in total. The molecule has 2 aliphatic rings. The summed E-state index contributed by atoms with van der Waals surface area (Å²) < 4.78 is 0. The van der Waals surface area contributed by atoms with Gasteiger partial charge in [0.2, 0.25) is 0 Å². The zero-order chi connectivity index (χ0) is 7.84. The predicted octanol–water partition coefficient (Wildman–Crippen LogP) is 0.722. The molecule has 0 aromatic carbocycles. The van der Waals surface area contributed by atoms with Crippen LogP contribution in [-0.4, -0.2) is 18.6 Å². The van der Waals surface area contributed by atoms with Crippen molar-refractivity contribution in [3.63, 3.8) is 0 Å². The molecule has 64 valence electrons. The van der Waals surface area contributed by atoms with E-state index in [-0.39, 0.29) is 0 Å². The molecular weight excluding hydrogens is 136 g/mol. The number of hydrogen-bond acceptors (Lipinski definition) is 2. The van der Waals surface area contributed by atoms with E-state index in [1.165, 1.54) is 19.3 Å². The van der Waals surface area contributed by atoms with Gasteiger partial charge in [0, 0.05) is 18.6 Å². The minimum Gasteiger partial charge on any atom is -0.326 e. The lowest BCUT2D eigenvalue weighted by Gasteiger charge is -2.31. The van der Waals surface area contributed by atoms with E-state index in [9.17, 15) is 0 Å². The summed E-state index contributed by atoms with van der Waals surface area (Å²) in [5.74, 6) is 1.68. The van der Waals surface area contributed by atoms with Crippen LogP contribution in [-0.2, 0) is 0 Å². The van der Waals surface area contributed by atoms with Crippen LogP contribution in [0.2, 0.25) is 0 Å². The maximum absolute atomic E-state index is 5.99. The Bertz CT molecular complexity index is 146. The number of rotatable bonds is 0. The normalized spacial score (nSPS) is 50.7. The lowest BCUT2D eigenvalue weighted by molar-refractivity contribution is 0.246. The SMILES string of the molecule is CC1CCC2NCC(N)C2C1. The molecule has 0 amide bonds. The van der Waals surface area contributed by atoms with Gasteiger partial charge in [0.15, 0.2) is 0 Å². The van der Waals surface area contributed by atoms with Crippen molar-refractivity contribution in [1.82, 2.24) is 5.32 Å². The van der Waals surface area contributed by atoms with Gasteiger partial charge in [-0.25, -0.2) is 0 Å². The third kappa shape index (κ3) is 1.30. The average molecular weight is 154 g/mol. The van der Waals surface area contributed by atoms with Crippen molar-refractivity contribution >= 4 is 0 Å². The predicted molar refractivity (Wildman–Crippen MR) is 46.3 cm³/mol. The summed E-state index contributed by atoms with van der Waals surface area (Å²) >= 11 is 0. The molecule has 2 fully saturated rings. The molecule has 0 bridgehead atoms. The fourth-order valence-electron chi connectivity index (χ4n) is 2.59. The minimum atomic E-state index is 0.433. The smallest absolute Gasteiger partial charge is 0.0209 e. The van der Waals surface area contributed by atoms with Crippen LogP contribution < -0.4 is 11.1 Å². The second-order valence-corrected chi connectivity index (χ2v) is 4.26. The van der Waals surface area contributed by atoms with Crippen molar-refractivity contribution in [3.8, 4) is 0 Å². The summed E-state index contributed by atoms with van der Waals surface area (Å²) in [5.41, 5.74) is 5.99. The Labute approximate surface area is 68.5 Å². The fourth-order valence-corrected chi connectivity index (χ4v) is 2.59. The van der Waals surface area contributed by atoms with Crippen LogP contribution in [0.15, 0.2) is 0 Å². The van der Waals surface area contributed by atoms with Gasteiger partial charge < -0.3 is 11.1 Å². The quantitative estimate of drug-likeness (QED) is 0.539. The number of fused-ring (bicyclic) bond motifs is 1. The molecule has 1 aliphatic heterocycles. The highest BCUT2D eigenvalue weighted by Gasteiger charge is 2.36. The van der Waals surface area contributed by atoms with Crippen molar-refractivity contribution < 1.29 is 0 Å². The lowest BCUT2D eigenvalue weighted by atomic mass is 9.78. The first-order valence-electron chi connectivity index (χ1n) is 4.76. The highest BCUT2D eigenvalue weighted by atomic mass is 15.0. The van der Waals surface area contributed by atoms with Gasteiger partial charge in [0.25, 0.3) is 0 Å². The van der Waals surface area contributed by atoms with Gasteiger partial charge in [-0.15, -0.1) is 0 Å². The van der Waals surface area contributed by atoms with Crippen LogP contribution in [0.1, 0.15) is 26.2 Å². The maximum Gasteiger partial charge on any atom is 0.0209 e. The Kier molecular flexibility index (Phi) is 1.90. The van der Waals surface area contributed by atoms with E-state index in [4.69, 9.17) is 5.73 Å². The van der Waals surface area contributed by atoms with Crippen molar-refractivity contribution in [2.75, 3.05) is 6.54 Å². The third-order valence-electron chi connectivity index (χ3n) is 3.33. The number of nitrogens with one attached hydrogen (secondary N) is 1.